The van der Waals surface area contributed by atoms with Crippen molar-refractivity contribution in [3.63, 3.8) is 0 Å². The fourth-order valence-corrected chi connectivity index (χ4v) is 9.70. The molecule has 1 aliphatic carbocycles. The van der Waals surface area contributed by atoms with Crippen molar-refractivity contribution >= 4 is 38.6 Å². The number of rotatable bonds is 7. The molecule has 0 saturated heterocycles. The van der Waals surface area contributed by atoms with E-state index in [0.717, 1.165) is 17.1 Å². The summed E-state index contributed by atoms with van der Waals surface area (Å²) in [6, 6.07) is 84.7. The Balaban J connectivity index is 1.15. The van der Waals surface area contributed by atoms with E-state index < -0.39 is 0 Å². The largest absolute Gasteiger partial charge is 0.309 e. The van der Waals surface area contributed by atoms with Gasteiger partial charge < -0.3 is 4.90 Å². The average Bonchev–Trinajstić information content (AvgIpc) is 3.57. The third-order valence-corrected chi connectivity index (χ3v) is 12.5. The van der Waals surface area contributed by atoms with E-state index in [4.69, 9.17) is 0 Å². The minimum absolute atomic E-state index is 0.298. The molecule has 59 heavy (non-hydrogen) atoms. The molecule has 0 fully saturated rings. The van der Waals surface area contributed by atoms with Crippen molar-refractivity contribution < 1.29 is 0 Å². The third-order valence-electron chi connectivity index (χ3n) is 12.5. The average molecular weight is 752 g/mol. The van der Waals surface area contributed by atoms with E-state index in [9.17, 15) is 0 Å². The molecule has 1 aliphatic rings. The second-order valence-corrected chi connectivity index (χ2v) is 15.8. The Morgan fingerprint density at radius 1 is 0.322 bits per heavy atom. The predicted molar refractivity (Wildman–Crippen MR) is 250 cm³/mol. The number of nitrogens with zero attached hydrogens (tertiary/aromatic N) is 1. The van der Waals surface area contributed by atoms with Crippen molar-refractivity contribution in [3.8, 4) is 44.5 Å². The fourth-order valence-electron chi connectivity index (χ4n) is 9.70. The van der Waals surface area contributed by atoms with Crippen LogP contribution in [0.1, 0.15) is 23.6 Å². The van der Waals surface area contributed by atoms with Gasteiger partial charge in [0.25, 0.3) is 0 Å². The zero-order chi connectivity index (χ0) is 39.3. The van der Waals surface area contributed by atoms with E-state index in [-0.39, 0.29) is 5.41 Å². The van der Waals surface area contributed by atoms with Gasteiger partial charge in [0.1, 0.15) is 0 Å². The maximum Gasteiger partial charge on any atom is 0.0540 e. The Labute approximate surface area is 346 Å². The van der Waals surface area contributed by atoms with Crippen LogP contribution in [0.3, 0.4) is 0 Å². The Morgan fingerprint density at radius 2 is 0.881 bits per heavy atom. The Bertz CT molecular complexity index is 3180. The van der Waals surface area contributed by atoms with Gasteiger partial charge in [0.15, 0.2) is 0 Å². The number of para-hydroxylation sites is 2. The molecule has 0 bridgehead atoms. The summed E-state index contributed by atoms with van der Waals surface area (Å²) in [7, 11) is 0. The summed E-state index contributed by atoms with van der Waals surface area (Å²) in [6.07, 6.45) is 0. The molecule has 0 saturated carbocycles. The summed E-state index contributed by atoms with van der Waals surface area (Å²) in [5.74, 6) is 0. The monoisotopic (exact) mass is 751 g/mol. The molecular weight excluding hydrogens is 711 g/mol. The third kappa shape index (κ3) is 5.69. The van der Waals surface area contributed by atoms with E-state index >= 15 is 0 Å². The molecule has 1 heteroatoms. The molecular formula is C58H41N. The minimum Gasteiger partial charge on any atom is -0.309 e. The van der Waals surface area contributed by atoms with Crippen molar-refractivity contribution in [2.24, 2.45) is 0 Å². The Kier molecular flexibility index (Phi) is 8.34. The van der Waals surface area contributed by atoms with Crippen LogP contribution in [0.4, 0.5) is 17.1 Å². The second-order valence-electron chi connectivity index (χ2n) is 15.8. The van der Waals surface area contributed by atoms with Crippen molar-refractivity contribution in [2.45, 2.75) is 12.3 Å². The highest BCUT2D eigenvalue weighted by atomic mass is 15.1. The molecule has 11 rings (SSSR count). The molecule has 10 aromatic carbocycles. The van der Waals surface area contributed by atoms with Gasteiger partial charge in [-0.25, -0.2) is 0 Å². The zero-order valence-corrected chi connectivity index (χ0v) is 32.9. The standard InChI is InChI=1S/C58H41N/c1-58(45-24-6-3-7-25-45)53-31-13-10-27-49(53)50-37-35-44(39-54(50)58)47-26-11-14-32-55(47)59(46-36-34-40-18-8-9-21-43(40)38-46)56-33-15-12-28-51(56)52-30-17-23-42-22-16-29-48(57(42)52)41-19-4-2-5-20-41/h2-39H,1H3. The first-order valence-corrected chi connectivity index (χ1v) is 20.5. The van der Waals surface area contributed by atoms with Gasteiger partial charge in [-0.1, -0.05) is 200 Å². The smallest absolute Gasteiger partial charge is 0.0540 e. The number of anilines is 3. The van der Waals surface area contributed by atoms with E-state index in [1.165, 1.54) is 82.7 Å². The van der Waals surface area contributed by atoms with Gasteiger partial charge in [-0.3, -0.25) is 0 Å². The van der Waals surface area contributed by atoms with Crippen LogP contribution in [0.5, 0.6) is 0 Å². The van der Waals surface area contributed by atoms with Crippen LogP contribution in [0.25, 0.3) is 66.1 Å². The van der Waals surface area contributed by atoms with E-state index in [1.807, 2.05) is 0 Å². The second kappa shape index (κ2) is 14.2. The SMILES string of the molecule is CC1(c2ccccc2)c2ccccc2-c2ccc(-c3ccccc3N(c3ccc4ccccc4c3)c3ccccc3-c3cccc4cccc(-c5ccccc5)c34)cc21. The van der Waals surface area contributed by atoms with Crippen molar-refractivity contribution in [2.75, 3.05) is 4.90 Å². The lowest BCUT2D eigenvalue weighted by Crippen LogP contribution is -2.22. The van der Waals surface area contributed by atoms with Gasteiger partial charge in [-0.05, 0) is 109 Å². The summed E-state index contributed by atoms with van der Waals surface area (Å²) in [5, 5.41) is 4.89. The Morgan fingerprint density at radius 3 is 1.66 bits per heavy atom. The topological polar surface area (TPSA) is 3.24 Å². The lowest BCUT2D eigenvalue weighted by molar-refractivity contribution is 0.714. The first-order chi connectivity index (χ1) is 29.2. The van der Waals surface area contributed by atoms with E-state index in [1.54, 1.807) is 0 Å². The molecule has 1 nitrogen and oxygen atoms in total. The maximum absolute atomic E-state index is 2.49. The van der Waals surface area contributed by atoms with Crippen LogP contribution < -0.4 is 4.90 Å². The number of hydrogen-bond donors (Lipinski definition) is 0. The van der Waals surface area contributed by atoms with Crippen LogP contribution in [0, 0.1) is 0 Å². The lowest BCUT2D eigenvalue weighted by Gasteiger charge is -2.31. The van der Waals surface area contributed by atoms with Gasteiger partial charge in [-0.15, -0.1) is 0 Å². The molecule has 0 amide bonds. The van der Waals surface area contributed by atoms with Crippen LogP contribution in [-0.2, 0) is 5.41 Å². The molecule has 0 spiro atoms. The minimum atomic E-state index is -0.298. The van der Waals surface area contributed by atoms with Crippen LogP contribution in [-0.4, -0.2) is 0 Å². The van der Waals surface area contributed by atoms with E-state index in [2.05, 4.69) is 242 Å². The summed E-state index contributed by atoms with van der Waals surface area (Å²) in [6.45, 7) is 2.40. The quantitative estimate of drug-likeness (QED) is 0.157. The molecule has 0 N–H and O–H groups in total. The van der Waals surface area contributed by atoms with E-state index in [0.29, 0.717) is 0 Å². The number of fused-ring (bicyclic) bond motifs is 5. The highest BCUT2D eigenvalue weighted by molar-refractivity contribution is 6.09. The van der Waals surface area contributed by atoms with Gasteiger partial charge >= 0.3 is 0 Å². The highest BCUT2D eigenvalue weighted by Crippen LogP contribution is 2.54. The molecule has 0 heterocycles. The predicted octanol–water partition coefficient (Wildman–Crippen LogP) is 15.8. The summed E-state index contributed by atoms with van der Waals surface area (Å²) >= 11 is 0. The molecule has 278 valence electrons. The van der Waals surface area contributed by atoms with Gasteiger partial charge in [0.2, 0.25) is 0 Å². The number of hydrogen-bond acceptors (Lipinski definition) is 1. The Hall–Kier alpha value is -7.48. The maximum atomic E-state index is 2.49. The molecule has 0 aliphatic heterocycles. The van der Waals surface area contributed by atoms with Crippen molar-refractivity contribution in [1.82, 2.24) is 0 Å². The normalized spacial score (nSPS) is 14.3. The first-order valence-electron chi connectivity index (χ1n) is 20.5. The molecule has 1 unspecified atom stereocenters. The van der Waals surface area contributed by atoms with Gasteiger partial charge in [0, 0.05) is 22.2 Å². The summed E-state index contributed by atoms with van der Waals surface area (Å²) in [4.78, 5) is 2.49. The molecule has 10 aromatic rings. The fraction of sp³-hybridized carbons (Fsp3) is 0.0345. The van der Waals surface area contributed by atoms with Gasteiger partial charge in [-0.2, -0.15) is 0 Å². The number of benzene rings is 10. The first kappa shape index (κ1) is 34.7. The highest BCUT2D eigenvalue weighted by Gasteiger charge is 2.40. The molecule has 0 radical (unpaired) electrons. The summed E-state index contributed by atoms with van der Waals surface area (Å²) in [5.41, 5.74) is 16.8. The van der Waals surface area contributed by atoms with Crippen molar-refractivity contribution in [1.29, 1.82) is 0 Å². The summed E-state index contributed by atoms with van der Waals surface area (Å²) < 4.78 is 0. The van der Waals surface area contributed by atoms with Gasteiger partial charge in [0.05, 0.1) is 11.4 Å². The zero-order valence-electron chi connectivity index (χ0n) is 32.9. The van der Waals surface area contributed by atoms with Crippen LogP contribution in [0.15, 0.2) is 231 Å². The molecule has 0 aromatic heterocycles. The van der Waals surface area contributed by atoms with Crippen LogP contribution >= 0.6 is 0 Å². The van der Waals surface area contributed by atoms with Crippen LogP contribution in [0.2, 0.25) is 0 Å². The van der Waals surface area contributed by atoms with Crippen molar-refractivity contribution in [3.05, 3.63) is 247 Å². The lowest BCUT2D eigenvalue weighted by atomic mass is 9.74. The molecule has 1 atom stereocenters.